The molecule has 0 fully saturated rings. The number of hydrogen-bond acceptors (Lipinski definition) is 1. The largest absolute Gasteiger partial charge is 0.382 e. The van der Waals surface area contributed by atoms with E-state index in [1.807, 2.05) is 0 Å². The molecule has 19 heavy (non-hydrogen) atoms. The number of aliphatic hydroxyl groups is 1. The topological polar surface area (TPSA) is 20.2 Å². The summed E-state index contributed by atoms with van der Waals surface area (Å²) < 4.78 is 41.2. The lowest BCUT2D eigenvalue weighted by atomic mass is 9.97. The van der Waals surface area contributed by atoms with Crippen LogP contribution in [0.1, 0.15) is 17.2 Å². The predicted molar refractivity (Wildman–Crippen MR) is 66.7 cm³/mol. The van der Waals surface area contributed by atoms with Crippen molar-refractivity contribution in [1.82, 2.24) is 0 Å². The van der Waals surface area contributed by atoms with Crippen LogP contribution < -0.4 is 0 Å². The highest BCUT2D eigenvalue weighted by molar-refractivity contribution is 6.30. The third kappa shape index (κ3) is 2.91. The third-order valence-electron chi connectivity index (χ3n) is 2.72. The highest BCUT2D eigenvalue weighted by atomic mass is 35.5. The summed E-state index contributed by atoms with van der Waals surface area (Å²) in [5.41, 5.74) is -0.610. The van der Waals surface area contributed by atoms with Gasteiger partial charge in [-0.2, -0.15) is 8.78 Å². The lowest BCUT2D eigenvalue weighted by molar-refractivity contribution is -0.117. The van der Waals surface area contributed by atoms with Crippen molar-refractivity contribution in [2.45, 2.75) is 12.0 Å². The summed E-state index contributed by atoms with van der Waals surface area (Å²) in [5, 5.41) is 9.90. The summed E-state index contributed by atoms with van der Waals surface area (Å²) in [7, 11) is 0. The van der Waals surface area contributed by atoms with Gasteiger partial charge >= 0.3 is 5.92 Å². The van der Waals surface area contributed by atoms with E-state index in [2.05, 4.69) is 0 Å². The predicted octanol–water partition coefficient (Wildman–Crippen LogP) is 4.30. The van der Waals surface area contributed by atoms with Gasteiger partial charge in [0.2, 0.25) is 0 Å². The van der Waals surface area contributed by atoms with Crippen LogP contribution in [0.2, 0.25) is 5.02 Å². The minimum Gasteiger partial charge on any atom is -0.382 e. The summed E-state index contributed by atoms with van der Waals surface area (Å²) in [6, 6.07) is 9.56. The molecule has 0 bridgehead atoms. The van der Waals surface area contributed by atoms with Crippen molar-refractivity contribution in [2.75, 3.05) is 0 Å². The molecule has 2 aromatic rings. The van der Waals surface area contributed by atoms with Crippen LogP contribution in [0, 0.1) is 5.82 Å². The molecule has 0 amide bonds. The smallest absolute Gasteiger partial charge is 0.302 e. The molecule has 100 valence electrons. The Kier molecular flexibility index (Phi) is 3.83. The fourth-order valence-electron chi connectivity index (χ4n) is 1.74. The molecule has 0 saturated carbocycles. The summed E-state index contributed by atoms with van der Waals surface area (Å²) >= 11 is 5.65. The molecule has 1 N–H and O–H groups in total. The quantitative estimate of drug-likeness (QED) is 0.892. The van der Waals surface area contributed by atoms with Crippen molar-refractivity contribution in [3.63, 3.8) is 0 Å². The van der Waals surface area contributed by atoms with E-state index in [0.717, 1.165) is 24.3 Å². The Balaban J connectivity index is 2.38. The molecular formula is C14H10ClF3O. The Bertz CT molecular complexity index is 586. The lowest BCUT2D eigenvalue weighted by Crippen LogP contribution is -2.23. The molecule has 2 rings (SSSR count). The van der Waals surface area contributed by atoms with Crippen LogP contribution in [0.4, 0.5) is 13.2 Å². The van der Waals surface area contributed by atoms with Gasteiger partial charge in [-0.25, -0.2) is 4.39 Å². The molecule has 0 aromatic heterocycles. The van der Waals surface area contributed by atoms with Gasteiger partial charge in [0.05, 0.1) is 0 Å². The number of aliphatic hydroxyl groups excluding tert-OH is 1. The van der Waals surface area contributed by atoms with Crippen LogP contribution in [-0.4, -0.2) is 5.11 Å². The molecular weight excluding hydrogens is 277 g/mol. The lowest BCUT2D eigenvalue weighted by Gasteiger charge is -2.23. The van der Waals surface area contributed by atoms with Gasteiger partial charge in [0.1, 0.15) is 11.9 Å². The van der Waals surface area contributed by atoms with Crippen molar-refractivity contribution in [2.24, 2.45) is 0 Å². The zero-order chi connectivity index (χ0) is 14.0. The monoisotopic (exact) mass is 286 g/mol. The molecule has 1 atom stereocenters. The Morgan fingerprint density at radius 1 is 1.05 bits per heavy atom. The van der Waals surface area contributed by atoms with Crippen molar-refractivity contribution in [3.05, 3.63) is 70.5 Å². The number of halogens is 4. The molecule has 0 heterocycles. The molecule has 0 spiro atoms. The van der Waals surface area contributed by atoms with Crippen molar-refractivity contribution < 1.29 is 18.3 Å². The van der Waals surface area contributed by atoms with Crippen LogP contribution in [0.3, 0.4) is 0 Å². The highest BCUT2D eigenvalue weighted by Crippen LogP contribution is 2.41. The molecule has 0 aliphatic carbocycles. The van der Waals surface area contributed by atoms with Gasteiger partial charge in [0.25, 0.3) is 0 Å². The highest BCUT2D eigenvalue weighted by Gasteiger charge is 2.41. The number of rotatable bonds is 3. The van der Waals surface area contributed by atoms with Gasteiger partial charge in [-0.1, -0.05) is 35.9 Å². The van der Waals surface area contributed by atoms with Gasteiger partial charge in [0.15, 0.2) is 0 Å². The van der Waals surface area contributed by atoms with Gasteiger partial charge < -0.3 is 5.11 Å². The second kappa shape index (κ2) is 5.23. The van der Waals surface area contributed by atoms with E-state index in [1.165, 1.54) is 24.3 Å². The molecule has 5 heteroatoms. The molecule has 1 nitrogen and oxygen atoms in total. The van der Waals surface area contributed by atoms with Crippen molar-refractivity contribution in [1.29, 1.82) is 0 Å². The average molecular weight is 287 g/mol. The molecule has 0 aliphatic rings. The second-order valence-electron chi connectivity index (χ2n) is 4.09. The van der Waals surface area contributed by atoms with E-state index in [-0.39, 0.29) is 10.6 Å². The maximum atomic E-state index is 14.1. The fourth-order valence-corrected chi connectivity index (χ4v) is 1.93. The van der Waals surface area contributed by atoms with Gasteiger partial charge in [-0.3, -0.25) is 0 Å². The standard InChI is InChI=1S/C14H10ClF3O/c15-11-5-2-4-10(8-11)14(17,18)13(19)9-3-1-6-12(16)7-9/h1-8,13,19H. The minimum absolute atomic E-state index is 0.142. The fraction of sp³-hybridized carbons (Fsp3) is 0.143. The Morgan fingerprint density at radius 2 is 1.74 bits per heavy atom. The molecule has 2 aromatic carbocycles. The first-order chi connectivity index (χ1) is 8.91. The number of hydrogen-bond donors (Lipinski definition) is 1. The minimum atomic E-state index is -3.56. The van der Waals surface area contributed by atoms with Crippen LogP contribution in [0.25, 0.3) is 0 Å². The maximum Gasteiger partial charge on any atom is 0.302 e. The number of alkyl halides is 2. The zero-order valence-electron chi connectivity index (χ0n) is 9.66. The van der Waals surface area contributed by atoms with Crippen LogP contribution in [-0.2, 0) is 5.92 Å². The van der Waals surface area contributed by atoms with Crippen LogP contribution >= 0.6 is 11.6 Å². The third-order valence-corrected chi connectivity index (χ3v) is 2.95. The second-order valence-corrected chi connectivity index (χ2v) is 4.53. The van der Waals surface area contributed by atoms with E-state index in [1.54, 1.807) is 0 Å². The normalized spacial score (nSPS) is 13.3. The molecule has 1 unspecified atom stereocenters. The van der Waals surface area contributed by atoms with Gasteiger partial charge in [-0.15, -0.1) is 0 Å². The van der Waals surface area contributed by atoms with Gasteiger partial charge in [-0.05, 0) is 29.8 Å². The van der Waals surface area contributed by atoms with E-state index in [9.17, 15) is 18.3 Å². The first kappa shape index (κ1) is 13.9. The summed E-state index contributed by atoms with van der Waals surface area (Å²) in [6.07, 6.45) is -2.14. The van der Waals surface area contributed by atoms with Crippen LogP contribution in [0.5, 0.6) is 0 Å². The molecule has 0 radical (unpaired) electrons. The summed E-state index contributed by atoms with van der Waals surface area (Å²) in [5.74, 6) is -4.24. The SMILES string of the molecule is OC(c1cccc(F)c1)C(F)(F)c1cccc(Cl)c1. The Morgan fingerprint density at radius 3 is 2.37 bits per heavy atom. The molecule has 0 aliphatic heterocycles. The van der Waals surface area contributed by atoms with E-state index < -0.39 is 23.4 Å². The Hall–Kier alpha value is -1.52. The average Bonchev–Trinajstić information content (AvgIpc) is 2.38. The van der Waals surface area contributed by atoms with Gasteiger partial charge in [0, 0.05) is 10.6 Å². The molecule has 0 saturated heterocycles. The first-order valence-electron chi connectivity index (χ1n) is 5.48. The zero-order valence-corrected chi connectivity index (χ0v) is 10.4. The first-order valence-corrected chi connectivity index (χ1v) is 5.86. The number of benzene rings is 2. The summed E-state index contributed by atoms with van der Waals surface area (Å²) in [4.78, 5) is 0. The maximum absolute atomic E-state index is 14.1. The van der Waals surface area contributed by atoms with E-state index in [4.69, 9.17) is 11.6 Å². The van der Waals surface area contributed by atoms with Crippen molar-refractivity contribution >= 4 is 11.6 Å². The van der Waals surface area contributed by atoms with E-state index in [0.29, 0.717) is 0 Å². The Labute approximate surface area is 113 Å². The van der Waals surface area contributed by atoms with Crippen molar-refractivity contribution in [3.8, 4) is 0 Å². The van der Waals surface area contributed by atoms with Crippen LogP contribution in [0.15, 0.2) is 48.5 Å². The summed E-state index contributed by atoms with van der Waals surface area (Å²) in [6.45, 7) is 0. The van der Waals surface area contributed by atoms with E-state index >= 15 is 0 Å².